The summed E-state index contributed by atoms with van der Waals surface area (Å²) in [6.07, 6.45) is 2.47. The van der Waals surface area contributed by atoms with E-state index in [1.54, 1.807) is 20.4 Å². The first kappa shape index (κ1) is 16.2. The monoisotopic (exact) mass is 331 g/mol. The maximum atomic E-state index is 10.9. The first-order chi connectivity index (χ1) is 11.6. The van der Waals surface area contributed by atoms with Crippen molar-refractivity contribution in [2.45, 2.75) is 18.9 Å². The molecule has 1 aliphatic heterocycles. The van der Waals surface area contributed by atoms with E-state index in [4.69, 9.17) is 19.9 Å². The molecule has 2 aromatic rings. The van der Waals surface area contributed by atoms with Gasteiger partial charge in [0.1, 0.15) is 6.10 Å². The topological polar surface area (TPSA) is 86.9 Å². The number of anilines is 1. The standard InChI is InChI=1S/C17H21N3O4/c1-22-15-9-12-13(10-16(15)23-2)19-6-3-14(12)20-7-4-11(5-8-20)24-17(18)21/h3,6,9-11H,4-5,7-8H2,1-2H3,(H2,18,21). The number of benzene rings is 1. The Kier molecular flexibility index (Phi) is 4.59. The molecule has 0 unspecified atom stereocenters. The van der Waals surface area contributed by atoms with Gasteiger partial charge >= 0.3 is 6.09 Å². The quantitative estimate of drug-likeness (QED) is 0.925. The lowest BCUT2D eigenvalue weighted by atomic mass is 10.1. The molecule has 0 atom stereocenters. The van der Waals surface area contributed by atoms with Crippen molar-refractivity contribution in [2.75, 3.05) is 32.2 Å². The zero-order valence-corrected chi connectivity index (χ0v) is 13.8. The van der Waals surface area contributed by atoms with Gasteiger partial charge in [-0.05, 0) is 12.1 Å². The van der Waals surface area contributed by atoms with Crippen LogP contribution >= 0.6 is 0 Å². The van der Waals surface area contributed by atoms with Gasteiger partial charge in [-0.15, -0.1) is 0 Å². The first-order valence-electron chi connectivity index (χ1n) is 7.84. The van der Waals surface area contributed by atoms with Gasteiger partial charge in [0.05, 0.1) is 19.7 Å². The maximum absolute atomic E-state index is 10.9. The van der Waals surface area contributed by atoms with Crippen LogP contribution in [-0.2, 0) is 4.74 Å². The Morgan fingerprint density at radius 2 is 1.88 bits per heavy atom. The Labute approximate surface area is 140 Å². The predicted molar refractivity (Wildman–Crippen MR) is 90.8 cm³/mol. The summed E-state index contributed by atoms with van der Waals surface area (Å²) in [4.78, 5) is 17.6. The minimum absolute atomic E-state index is 0.110. The van der Waals surface area contributed by atoms with Crippen LogP contribution in [-0.4, -0.2) is 44.5 Å². The smallest absolute Gasteiger partial charge is 0.404 e. The van der Waals surface area contributed by atoms with Crippen LogP contribution in [0.15, 0.2) is 24.4 Å². The molecule has 1 fully saturated rings. The van der Waals surface area contributed by atoms with Crippen LogP contribution in [0.1, 0.15) is 12.8 Å². The molecule has 1 aliphatic rings. The lowest BCUT2D eigenvalue weighted by Gasteiger charge is -2.33. The molecule has 128 valence electrons. The van der Waals surface area contributed by atoms with Crippen molar-refractivity contribution in [1.29, 1.82) is 0 Å². The van der Waals surface area contributed by atoms with Gasteiger partial charge in [0.15, 0.2) is 11.5 Å². The molecule has 0 bridgehead atoms. The van der Waals surface area contributed by atoms with Gasteiger partial charge in [0, 0.05) is 49.3 Å². The molecule has 1 amide bonds. The second kappa shape index (κ2) is 6.82. The van der Waals surface area contributed by atoms with Crippen LogP contribution in [0, 0.1) is 0 Å². The summed E-state index contributed by atoms with van der Waals surface area (Å²) in [6.45, 7) is 1.57. The molecular weight excluding hydrogens is 310 g/mol. The van der Waals surface area contributed by atoms with E-state index in [2.05, 4.69) is 9.88 Å². The van der Waals surface area contributed by atoms with E-state index in [0.29, 0.717) is 11.5 Å². The van der Waals surface area contributed by atoms with Crippen molar-refractivity contribution >= 4 is 22.7 Å². The van der Waals surface area contributed by atoms with Crippen molar-refractivity contribution in [3.05, 3.63) is 24.4 Å². The number of carbonyl (C=O) groups excluding carboxylic acids is 1. The summed E-state index contributed by atoms with van der Waals surface area (Å²) in [5, 5.41) is 1.00. The van der Waals surface area contributed by atoms with Crippen LogP contribution in [0.4, 0.5) is 10.5 Å². The summed E-state index contributed by atoms with van der Waals surface area (Å²) < 4.78 is 15.8. The minimum Gasteiger partial charge on any atom is -0.493 e. The number of carbonyl (C=O) groups is 1. The van der Waals surface area contributed by atoms with E-state index < -0.39 is 6.09 Å². The van der Waals surface area contributed by atoms with Gasteiger partial charge in [-0.3, -0.25) is 4.98 Å². The summed E-state index contributed by atoms with van der Waals surface area (Å²) >= 11 is 0. The second-order valence-electron chi connectivity index (χ2n) is 5.68. The molecule has 7 heteroatoms. The number of rotatable bonds is 4. The minimum atomic E-state index is -0.709. The van der Waals surface area contributed by atoms with E-state index in [1.807, 2.05) is 18.2 Å². The first-order valence-corrected chi connectivity index (χ1v) is 7.84. The molecule has 7 nitrogen and oxygen atoms in total. The van der Waals surface area contributed by atoms with Crippen LogP contribution in [0.2, 0.25) is 0 Å². The number of hydrogen-bond donors (Lipinski definition) is 1. The summed E-state index contributed by atoms with van der Waals surface area (Å²) in [5.41, 5.74) is 7.02. The van der Waals surface area contributed by atoms with Crippen molar-refractivity contribution in [3.8, 4) is 11.5 Å². The lowest BCUT2D eigenvalue weighted by molar-refractivity contribution is 0.0913. The predicted octanol–water partition coefficient (Wildman–Crippen LogP) is 2.32. The largest absolute Gasteiger partial charge is 0.493 e. The molecule has 1 saturated heterocycles. The summed E-state index contributed by atoms with van der Waals surface area (Å²) in [7, 11) is 3.23. The third-order valence-corrected chi connectivity index (χ3v) is 4.29. The fourth-order valence-corrected chi connectivity index (χ4v) is 3.11. The van der Waals surface area contributed by atoms with E-state index in [1.165, 1.54) is 0 Å². The van der Waals surface area contributed by atoms with Crippen molar-refractivity contribution < 1.29 is 19.0 Å². The van der Waals surface area contributed by atoms with Crippen molar-refractivity contribution in [1.82, 2.24) is 4.98 Å². The number of nitrogens with zero attached hydrogens (tertiary/aromatic N) is 2. The van der Waals surface area contributed by atoms with Crippen LogP contribution in [0.3, 0.4) is 0 Å². The molecular formula is C17H21N3O4. The number of ether oxygens (including phenoxy) is 3. The number of nitrogens with two attached hydrogens (primary N) is 1. The molecule has 2 N–H and O–H groups in total. The van der Waals surface area contributed by atoms with Gasteiger partial charge in [0.25, 0.3) is 0 Å². The highest BCUT2D eigenvalue weighted by molar-refractivity contribution is 5.94. The normalized spacial score (nSPS) is 15.3. The van der Waals surface area contributed by atoms with Crippen molar-refractivity contribution in [2.24, 2.45) is 5.73 Å². The SMILES string of the molecule is COc1cc2nccc(N3CCC(OC(N)=O)CC3)c2cc1OC. The van der Waals surface area contributed by atoms with Gasteiger partial charge in [-0.1, -0.05) is 0 Å². The molecule has 1 aromatic heterocycles. The van der Waals surface area contributed by atoms with E-state index in [0.717, 1.165) is 42.5 Å². The molecule has 2 heterocycles. The van der Waals surface area contributed by atoms with Gasteiger partial charge in [-0.25, -0.2) is 4.79 Å². The number of hydrogen-bond acceptors (Lipinski definition) is 6. The van der Waals surface area contributed by atoms with Crippen LogP contribution < -0.4 is 20.1 Å². The maximum Gasteiger partial charge on any atom is 0.404 e. The number of piperidine rings is 1. The molecule has 24 heavy (non-hydrogen) atoms. The number of amides is 1. The molecule has 1 aromatic carbocycles. The average Bonchev–Trinajstić information content (AvgIpc) is 2.60. The Morgan fingerprint density at radius 3 is 2.50 bits per heavy atom. The van der Waals surface area contributed by atoms with Crippen LogP contribution in [0.5, 0.6) is 11.5 Å². The Morgan fingerprint density at radius 1 is 1.21 bits per heavy atom. The highest BCUT2D eigenvalue weighted by atomic mass is 16.6. The average molecular weight is 331 g/mol. The van der Waals surface area contributed by atoms with Crippen molar-refractivity contribution in [3.63, 3.8) is 0 Å². The van der Waals surface area contributed by atoms with Gasteiger partial charge < -0.3 is 24.8 Å². The fraction of sp³-hybridized carbons (Fsp3) is 0.412. The fourth-order valence-electron chi connectivity index (χ4n) is 3.11. The molecule has 0 radical (unpaired) electrons. The Bertz CT molecular complexity index is 742. The van der Waals surface area contributed by atoms with E-state index in [9.17, 15) is 4.79 Å². The van der Waals surface area contributed by atoms with E-state index >= 15 is 0 Å². The Balaban J connectivity index is 1.89. The van der Waals surface area contributed by atoms with E-state index in [-0.39, 0.29) is 6.10 Å². The number of methoxy groups -OCH3 is 2. The summed E-state index contributed by atoms with van der Waals surface area (Å²) in [5.74, 6) is 1.33. The van der Waals surface area contributed by atoms with Crippen LogP contribution in [0.25, 0.3) is 10.9 Å². The zero-order valence-electron chi connectivity index (χ0n) is 13.8. The van der Waals surface area contributed by atoms with Gasteiger partial charge in [-0.2, -0.15) is 0 Å². The van der Waals surface area contributed by atoms with Gasteiger partial charge in [0.2, 0.25) is 0 Å². The lowest BCUT2D eigenvalue weighted by Crippen LogP contribution is -2.38. The summed E-state index contributed by atoms with van der Waals surface area (Å²) in [6, 6.07) is 5.81. The second-order valence-corrected chi connectivity index (χ2v) is 5.68. The molecule has 3 rings (SSSR count). The molecule has 0 saturated carbocycles. The third-order valence-electron chi connectivity index (χ3n) is 4.29. The number of pyridine rings is 1. The zero-order chi connectivity index (χ0) is 17.1. The highest BCUT2D eigenvalue weighted by Crippen LogP contribution is 2.36. The number of primary amides is 1. The molecule has 0 aliphatic carbocycles. The molecule has 0 spiro atoms. The Hall–Kier alpha value is -2.70. The number of fused-ring (bicyclic) bond motifs is 1. The third kappa shape index (κ3) is 3.15. The number of aromatic nitrogens is 1. The highest BCUT2D eigenvalue weighted by Gasteiger charge is 2.23.